The summed E-state index contributed by atoms with van der Waals surface area (Å²) in [5.74, 6) is -2.60. The number of nitrogens with one attached hydrogen (secondary N) is 1. The van der Waals surface area contributed by atoms with Gasteiger partial charge in [-0.3, -0.25) is 14.4 Å². The van der Waals surface area contributed by atoms with Crippen molar-refractivity contribution < 1.29 is 29.0 Å². The number of carbonyl (C=O) groups is 3. The highest BCUT2D eigenvalue weighted by Gasteiger charge is 2.80. The molecule has 0 aliphatic carbocycles. The predicted molar refractivity (Wildman–Crippen MR) is 105 cm³/mol. The first-order valence-corrected chi connectivity index (χ1v) is 10.8. The lowest BCUT2D eigenvalue weighted by Crippen LogP contribution is -2.57. The standard InChI is InChI=1S/C21H34N2O6/c1-6-8-9-22-17(25)16-21-10-12(3)20(5,29-21)15(19(27)28-7-2)14(21)18(26)23(16)13(4)11-24/h12-16,24H,6-11H2,1-5H3,(H,22,25)/t12?,13-,14+,15+,16?,20-,21?/m1/s1. The molecular weight excluding hydrogens is 376 g/mol. The zero-order valence-electron chi connectivity index (χ0n) is 18.1. The van der Waals surface area contributed by atoms with Gasteiger partial charge in [-0.25, -0.2) is 0 Å². The van der Waals surface area contributed by atoms with Gasteiger partial charge < -0.3 is 24.8 Å². The third-order valence-corrected chi connectivity index (χ3v) is 7.11. The molecule has 0 radical (unpaired) electrons. The molecule has 3 saturated heterocycles. The lowest BCUT2D eigenvalue weighted by atomic mass is 9.62. The monoisotopic (exact) mass is 410 g/mol. The van der Waals surface area contributed by atoms with E-state index in [9.17, 15) is 19.5 Å². The van der Waals surface area contributed by atoms with Crippen LogP contribution in [-0.2, 0) is 23.9 Å². The van der Waals surface area contributed by atoms with E-state index >= 15 is 0 Å². The SMILES string of the molecule is CCCCNC(=O)C1N([C@H](C)CO)C(=O)[C@@H]2[C@@H](C(=O)OCC)[C@]3(C)OC12CC3C. The van der Waals surface area contributed by atoms with Crippen LogP contribution in [0.2, 0.25) is 0 Å². The number of amides is 2. The van der Waals surface area contributed by atoms with Crippen molar-refractivity contribution in [2.75, 3.05) is 19.8 Å². The van der Waals surface area contributed by atoms with Crippen LogP contribution in [-0.4, -0.2) is 70.8 Å². The van der Waals surface area contributed by atoms with Crippen molar-refractivity contribution in [1.82, 2.24) is 10.2 Å². The van der Waals surface area contributed by atoms with Gasteiger partial charge in [0, 0.05) is 6.54 Å². The van der Waals surface area contributed by atoms with Crippen molar-refractivity contribution in [3.05, 3.63) is 0 Å². The van der Waals surface area contributed by atoms with Crippen molar-refractivity contribution in [1.29, 1.82) is 0 Å². The fourth-order valence-corrected chi connectivity index (χ4v) is 5.61. The summed E-state index contributed by atoms with van der Waals surface area (Å²) in [5.41, 5.74) is -1.94. The van der Waals surface area contributed by atoms with Gasteiger partial charge in [-0.05, 0) is 39.5 Å². The summed E-state index contributed by atoms with van der Waals surface area (Å²) in [6.07, 6.45) is 2.28. The molecule has 0 aromatic rings. The highest BCUT2D eigenvalue weighted by Crippen LogP contribution is 2.65. The van der Waals surface area contributed by atoms with Crippen LogP contribution < -0.4 is 5.32 Å². The minimum atomic E-state index is -1.08. The number of rotatable bonds is 8. The average Bonchev–Trinajstić information content (AvgIpc) is 3.18. The van der Waals surface area contributed by atoms with Crippen LogP contribution in [0.4, 0.5) is 0 Å². The Morgan fingerprint density at radius 3 is 2.69 bits per heavy atom. The highest BCUT2D eigenvalue weighted by atomic mass is 16.6. The number of likely N-dealkylation sites (tertiary alicyclic amines) is 1. The van der Waals surface area contributed by atoms with Gasteiger partial charge in [0.2, 0.25) is 11.8 Å². The molecule has 3 aliphatic rings. The minimum absolute atomic E-state index is 0.0173. The molecule has 8 heteroatoms. The summed E-state index contributed by atoms with van der Waals surface area (Å²) in [6, 6.07) is -1.43. The molecule has 1 spiro atoms. The molecule has 3 heterocycles. The Morgan fingerprint density at radius 2 is 2.10 bits per heavy atom. The quantitative estimate of drug-likeness (QED) is 0.454. The largest absolute Gasteiger partial charge is 0.466 e. The lowest BCUT2D eigenvalue weighted by molar-refractivity contribution is -0.162. The highest BCUT2D eigenvalue weighted by molar-refractivity contribution is 5.98. The van der Waals surface area contributed by atoms with E-state index in [2.05, 4.69) is 5.32 Å². The fourth-order valence-electron chi connectivity index (χ4n) is 5.61. The third-order valence-electron chi connectivity index (χ3n) is 7.11. The molecule has 29 heavy (non-hydrogen) atoms. The van der Waals surface area contributed by atoms with E-state index in [0.717, 1.165) is 12.8 Å². The molecule has 3 unspecified atom stereocenters. The molecule has 0 aromatic carbocycles. The maximum absolute atomic E-state index is 13.5. The lowest BCUT2D eigenvalue weighted by Gasteiger charge is -2.36. The van der Waals surface area contributed by atoms with Gasteiger partial charge in [0.1, 0.15) is 17.6 Å². The molecule has 2 bridgehead atoms. The van der Waals surface area contributed by atoms with E-state index in [0.29, 0.717) is 13.0 Å². The summed E-state index contributed by atoms with van der Waals surface area (Å²) in [7, 11) is 0. The first kappa shape index (κ1) is 22.0. The summed E-state index contributed by atoms with van der Waals surface area (Å²) in [4.78, 5) is 41.1. The molecule has 2 amide bonds. The number of nitrogens with zero attached hydrogens (tertiary/aromatic N) is 1. The topological polar surface area (TPSA) is 105 Å². The number of fused-ring (bicyclic) bond motifs is 1. The Hall–Kier alpha value is -1.67. The van der Waals surface area contributed by atoms with E-state index in [4.69, 9.17) is 9.47 Å². The van der Waals surface area contributed by atoms with Gasteiger partial charge >= 0.3 is 5.97 Å². The van der Waals surface area contributed by atoms with Crippen molar-refractivity contribution in [2.24, 2.45) is 17.8 Å². The second kappa shape index (κ2) is 7.87. The number of esters is 1. The predicted octanol–water partition coefficient (Wildman–Crippen LogP) is 0.857. The molecule has 164 valence electrons. The van der Waals surface area contributed by atoms with E-state index in [1.807, 2.05) is 20.8 Å². The average molecular weight is 411 g/mol. The van der Waals surface area contributed by atoms with Crippen LogP contribution in [0.1, 0.15) is 53.9 Å². The van der Waals surface area contributed by atoms with Crippen LogP contribution in [0.5, 0.6) is 0 Å². The minimum Gasteiger partial charge on any atom is -0.466 e. The molecule has 8 nitrogen and oxygen atoms in total. The van der Waals surface area contributed by atoms with Crippen LogP contribution >= 0.6 is 0 Å². The Balaban J connectivity index is 2.05. The first-order chi connectivity index (χ1) is 13.7. The Kier molecular flexibility index (Phi) is 5.98. The van der Waals surface area contributed by atoms with Gasteiger partial charge in [0.05, 0.1) is 30.8 Å². The van der Waals surface area contributed by atoms with E-state index in [-0.39, 0.29) is 30.9 Å². The normalized spacial score (nSPS) is 38.8. The zero-order chi connectivity index (χ0) is 21.6. The smallest absolute Gasteiger partial charge is 0.312 e. The number of carbonyl (C=O) groups excluding carboxylic acids is 3. The molecular formula is C21H34N2O6. The molecule has 3 rings (SSSR count). The number of ether oxygens (including phenoxy) is 2. The third kappa shape index (κ3) is 3.06. The van der Waals surface area contributed by atoms with Gasteiger partial charge in [-0.15, -0.1) is 0 Å². The molecule has 3 fully saturated rings. The number of hydrogen-bond donors (Lipinski definition) is 2. The van der Waals surface area contributed by atoms with Crippen LogP contribution in [0.3, 0.4) is 0 Å². The number of unbranched alkanes of at least 4 members (excludes halogenated alkanes) is 1. The van der Waals surface area contributed by atoms with Crippen molar-refractivity contribution in [3.8, 4) is 0 Å². The number of hydrogen-bond acceptors (Lipinski definition) is 6. The van der Waals surface area contributed by atoms with Crippen LogP contribution in [0.15, 0.2) is 0 Å². The van der Waals surface area contributed by atoms with Crippen LogP contribution in [0, 0.1) is 17.8 Å². The fraction of sp³-hybridized carbons (Fsp3) is 0.857. The maximum atomic E-state index is 13.5. The maximum Gasteiger partial charge on any atom is 0.312 e. The zero-order valence-corrected chi connectivity index (χ0v) is 18.1. The first-order valence-electron chi connectivity index (χ1n) is 10.8. The molecule has 0 saturated carbocycles. The summed E-state index contributed by atoms with van der Waals surface area (Å²) < 4.78 is 11.8. The second-order valence-corrected chi connectivity index (χ2v) is 8.88. The summed E-state index contributed by atoms with van der Waals surface area (Å²) >= 11 is 0. The van der Waals surface area contributed by atoms with Gasteiger partial charge in [-0.1, -0.05) is 20.3 Å². The van der Waals surface area contributed by atoms with Crippen LogP contribution in [0.25, 0.3) is 0 Å². The number of aliphatic hydroxyl groups is 1. The van der Waals surface area contributed by atoms with Gasteiger partial charge in [0.25, 0.3) is 0 Å². The molecule has 3 aliphatic heterocycles. The van der Waals surface area contributed by atoms with Gasteiger partial charge in [-0.2, -0.15) is 0 Å². The Labute approximate surface area is 172 Å². The van der Waals surface area contributed by atoms with E-state index in [1.54, 1.807) is 13.8 Å². The second-order valence-electron chi connectivity index (χ2n) is 8.88. The molecule has 0 aromatic heterocycles. The number of aliphatic hydroxyl groups excluding tert-OH is 1. The summed E-state index contributed by atoms with van der Waals surface area (Å²) in [6.45, 7) is 9.77. The Morgan fingerprint density at radius 1 is 1.41 bits per heavy atom. The summed E-state index contributed by atoms with van der Waals surface area (Å²) in [5, 5.41) is 12.7. The van der Waals surface area contributed by atoms with Gasteiger partial charge in [0.15, 0.2) is 0 Å². The van der Waals surface area contributed by atoms with Crippen molar-refractivity contribution in [3.63, 3.8) is 0 Å². The Bertz CT molecular complexity index is 684. The van der Waals surface area contributed by atoms with Crippen molar-refractivity contribution >= 4 is 17.8 Å². The molecule has 2 N–H and O–H groups in total. The van der Waals surface area contributed by atoms with E-state index < -0.39 is 41.1 Å². The molecule has 7 atom stereocenters. The van der Waals surface area contributed by atoms with E-state index in [1.165, 1.54) is 4.90 Å². The van der Waals surface area contributed by atoms with Crippen molar-refractivity contribution in [2.45, 2.75) is 77.2 Å².